The Labute approximate surface area is 214 Å². The molecular formula is C26H34F3N5O3. The fourth-order valence-electron chi connectivity index (χ4n) is 4.62. The summed E-state index contributed by atoms with van der Waals surface area (Å²) >= 11 is 0. The molecular weight excluding hydrogens is 487 g/mol. The lowest BCUT2D eigenvalue weighted by molar-refractivity contribution is -0.155. The quantitative estimate of drug-likeness (QED) is 0.509. The van der Waals surface area contributed by atoms with Gasteiger partial charge in [0, 0.05) is 32.2 Å². The zero-order chi connectivity index (χ0) is 26.6. The normalized spacial score (nSPS) is 18.0. The van der Waals surface area contributed by atoms with Crippen LogP contribution in [-0.2, 0) is 4.74 Å². The summed E-state index contributed by atoms with van der Waals surface area (Å²) in [6.45, 7) is 6.86. The number of morpholine rings is 1. The summed E-state index contributed by atoms with van der Waals surface area (Å²) in [4.78, 5) is 20.7. The largest absolute Gasteiger partial charge is 0.412 e. The van der Waals surface area contributed by atoms with Crippen LogP contribution in [0.3, 0.4) is 0 Å². The van der Waals surface area contributed by atoms with Gasteiger partial charge in [-0.05, 0) is 67.1 Å². The molecule has 2 fully saturated rings. The number of likely N-dealkylation sites (tertiary alicyclic amines) is 1. The summed E-state index contributed by atoms with van der Waals surface area (Å²) in [5, 5.41) is 14.9. The van der Waals surface area contributed by atoms with Crippen LogP contribution in [0.15, 0.2) is 30.3 Å². The third kappa shape index (κ3) is 6.64. The Kier molecular flexibility index (Phi) is 8.43. The molecule has 202 valence electrons. The zero-order valence-corrected chi connectivity index (χ0v) is 21.1. The molecule has 2 saturated heterocycles. The number of anilines is 2. The van der Waals surface area contributed by atoms with Gasteiger partial charge in [-0.25, -0.2) is 9.78 Å². The molecule has 2 amide bonds. The zero-order valence-electron chi connectivity index (χ0n) is 21.1. The van der Waals surface area contributed by atoms with Gasteiger partial charge in [-0.1, -0.05) is 12.1 Å². The van der Waals surface area contributed by atoms with E-state index in [0.717, 1.165) is 18.4 Å². The Morgan fingerprint density at radius 1 is 1.14 bits per heavy atom. The number of benzene rings is 1. The van der Waals surface area contributed by atoms with Crippen LogP contribution in [0.2, 0.25) is 0 Å². The highest BCUT2D eigenvalue weighted by Gasteiger charge is 2.43. The van der Waals surface area contributed by atoms with E-state index in [1.165, 1.54) is 17.0 Å². The van der Waals surface area contributed by atoms with Crippen molar-refractivity contribution in [3.8, 4) is 11.1 Å². The van der Waals surface area contributed by atoms with Crippen LogP contribution in [0, 0.1) is 6.92 Å². The average Bonchev–Trinajstić information content (AvgIpc) is 3.42. The number of nitrogens with one attached hydrogen (secondary N) is 2. The third-order valence-corrected chi connectivity index (χ3v) is 6.71. The highest BCUT2D eigenvalue weighted by Crippen LogP contribution is 2.37. The molecule has 1 aromatic heterocycles. The molecule has 0 saturated carbocycles. The summed E-state index contributed by atoms with van der Waals surface area (Å²) in [6.07, 6.45) is -3.09. The second kappa shape index (κ2) is 11.6. The van der Waals surface area contributed by atoms with Crippen molar-refractivity contribution < 1.29 is 27.8 Å². The van der Waals surface area contributed by atoms with E-state index in [4.69, 9.17) is 4.74 Å². The number of nitrogens with zero attached hydrogens (tertiary/aromatic N) is 3. The molecule has 2 aliphatic heterocycles. The number of urea groups is 1. The molecule has 0 aliphatic carbocycles. The Morgan fingerprint density at radius 2 is 1.84 bits per heavy atom. The minimum absolute atomic E-state index is 0.0383. The molecule has 2 aliphatic rings. The van der Waals surface area contributed by atoms with E-state index < -0.39 is 18.2 Å². The first kappa shape index (κ1) is 27.0. The van der Waals surface area contributed by atoms with Crippen LogP contribution in [0.5, 0.6) is 0 Å². The molecule has 0 bridgehead atoms. The van der Waals surface area contributed by atoms with Crippen LogP contribution in [0.25, 0.3) is 11.1 Å². The van der Waals surface area contributed by atoms with Crippen LogP contribution in [0.1, 0.15) is 36.9 Å². The van der Waals surface area contributed by atoms with E-state index in [9.17, 15) is 23.1 Å². The first-order valence-corrected chi connectivity index (χ1v) is 12.6. The fraction of sp³-hybridized carbons (Fsp3) is 0.538. The summed E-state index contributed by atoms with van der Waals surface area (Å²) in [7, 11) is 0. The van der Waals surface area contributed by atoms with Crippen molar-refractivity contribution in [2.24, 2.45) is 0 Å². The number of ether oxygens (including phenoxy) is 1. The predicted molar refractivity (Wildman–Crippen MR) is 136 cm³/mol. The van der Waals surface area contributed by atoms with Crippen molar-refractivity contribution in [1.29, 1.82) is 0 Å². The van der Waals surface area contributed by atoms with Crippen LogP contribution in [0.4, 0.5) is 29.6 Å². The average molecular weight is 522 g/mol. The van der Waals surface area contributed by atoms with E-state index in [-0.39, 0.29) is 18.2 Å². The van der Waals surface area contributed by atoms with Gasteiger partial charge in [-0.3, -0.25) is 0 Å². The maximum atomic E-state index is 14.1. The summed E-state index contributed by atoms with van der Waals surface area (Å²) in [5.41, 5.74) is 2.05. The lowest BCUT2D eigenvalue weighted by atomic mass is 9.95. The number of hydrogen-bond acceptors (Lipinski definition) is 6. The number of amides is 2. The van der Waals surface area contributed by atoms with Crippen molar-refractivity contribution in [3.63, 3.8) is 0 Å². The molecule has 0 unspecified atom stereocenters. The highest BCUT2D eigenvalue weighted by atomic mass is 19.4. The Bertz CT molecular complexity index is 1090. The maximum absolute atomic E-state index is 14.1. The van der Waals surface area contributed by atoms with Gasteiger partial charge >= 0.3 is 12.2 Å². The number of rotatable bonds is 7. The summed E-state index contributed by atoms with van der Waals surface area (Å²) in [6, 6.07) is 5.09. The highest BCUT2D eigenvalue weighted by molar-refractivity contribution is 5.76. The number of carbonyl (C=O) groups excluding carboxylic acids is 1. The number of pyridine rings is 1. The molecule has 11 heteroatoms. The van der Waals surface area contributed by atoms with Crippen LogP contribution in [-0.4, -0.2) is 79.2 Å². The number of alkyl halides is 3. The number of aryl methyl sites for hydroxylation is 1. The first-order valence-electron chi connectivity index (χ1n) is 12.6. The van der Waals surface area contributed by atoms with E-state index in [0.29, 0.717) is 62.2 Å². The number of aliphatic hydroxyl groups is 1. The number of hydrogen-bond donors (Lipinski definition) is 3. The van der Waals surface area contributed by atoms with Crippen LogP contribution < -0.4 is 15.5 Å². The topological polar surface area (TPSA) is 90.0 Å². The number of halogens is 3. The SMILES string of the molecule is Cc1ccc([C@H](NC(=O)N2CCCC2)C(F)(F)F)cc1-c1cc(N[C@H](C)CO)nc(N2CCOCC2)c1. The molecule has 37 heavy (non-hydrogen) atoms. The van der Waals surface area contributed by atoms with Crippen molar-refractivity contribution in [1.82, 2.24) is 15.2 Å². The Balaban J connectivity index is 1.72. The molecule has 8 nitrogen and oxygen atoms in total. The smallest absolute Gasteiger partial charge is 0.394 e. The van der Waals surface area contributed by atoms with Gasteiger partial charge in [-0.15, -0.1) is 0 Å². The number of carbonyl (C=O) groups is 1. The minimum Gasteiger partial charge on any atom is -0.394 e. The monoisotopic (exact) mass is 521 g/mol. The molecule has 2 atom stereocenters. The molecule has 1 aromatic carbocycles. The number of aromatic nitrogens is 1. The minimum atomic E-state index is -4.66. The van der Waals surface area contributed by atoms with Crippen molar-refractivity contribution in [2.45, 2.75) is 44.9 Å². The van der Waals surface area contributed by atoms with Gasteiger partial charge in [0.15, 0.2) is 6.04 Å². The first-order chi connectivity index (χ1) is 17.7. The molecule has 2 aromatic rings. The third-order valence-electron chi connectivity index (χ3n) is 6.71. The van der Waals surface area contributed by atoms with E-state index in [1.54, 1.807) is 12.1 Å². The van der Waals surface area contributed by atoms with E-state index >= 15 is 0 Å². The van der Waals surface area contributed by atoms with Gasteiger partial charge in [0.25, 0.3) is 0 Å². The summed E-state index contributed by atoms with van der Waals surface area (Å²) < 4.78 is 47.9. The van der Waals surface area contributed by atoms with Gasteiger partial charge < -0.3 is 30.3 Å². The van der Waals surface area contributed by atoms with Crippen molar-refractivity contribution >= 4 is 17.7 Å². The maximum Gasteiger partial charge on any atom is 0.412 e. The fourth-order valence-corrected chi connectivity index (χ4v) is 4.62. The standard InChI is InChI=1S/C26H34F3N5O3/c1-17-5-6-19(24(26(27,28)29)32-25(36)34-7-3-4-8-34)13-21(17)20-14-22(30-18(2)16-35)31-23(15-20)33-9-11-37-12-10-33/h5-6,13-15,18,24,35H,3-4,7-12,16H2,1-2H3,(H,30,31)(H,32,36)/t18-,24+/m1/s1. The van der Waals surface area contributed by atoms with E-state index in [1.807, 2.05) is 19.9 Å². The van der Waals surface area contributed by atoms with Gasteiger partial charge in [0.1, 0.15) is 11.6 Å². The lowest BCUT2D eigenvalue weighted by Crippen LogP contribution is -2.44. The number of aliphatic hydroxyl groups excluding tert-OH is 1. The molecule has 0 radical (unpaired) electrons. The molecule has 3 N–H and O–H groups in total. The van der Waals surface area contributed by atoms with Crippen molar-refractivity contribution in [3.05, 3.63) is 41.5 Å². The van der Waals surface area contributed by atoms with Gasteiger partial charge in [0.2, 0.25) is 0 Å². The lowest BCUT2D eigenvalue weighted by Gasteiger charge is -2.29. The molecule has 0 spiro atoms. The molecule has 4 rings (SSSR count). The summed E-state index contributed by atoms with van der Waals surface area (Å²) in [5.74, 6) is 1.19. The van der Waals surface area contributed by atoms with E-state index in [2.05, 4.69) is 20.5 Å². The van der Waals surface area contributed by atoms with Gasteiger partial charge in [-0.2, -0.15) is 13.2 Å². The second-order valence-electron chi connectivity index (χ2n) is 9.62. The Hall–Kier alpha value is -3.05. The second-order valence-corrected chi connectivity index (χ2v) is 9.62. The van der Waals surface area contributed by atoms with Gasteiger partial charge in [0.05, 0.1) is 19.8 Å². The van der Waals surface area contributed by atoms with Crippen molar-refractivity contribution in [2.75, 3.05) is 56.2 Å². The van der Waals surface area contributed by atoms with Crippen LogP contribution >= 0.6 is 0 Å². The molecule has 3 heterocycles. The Morgan fingerprint density at radius 3 is 2.49 bits per heavy atom. The predicted octanol–water partition coefficient (Wildman–Crippen LogP) is 4.10.